The molecule has 2 heterocycles. The van der Waals surface area contributed by atoms with E-state index in [1.807, 2.05) is 6.92 Å². The highest BCUT2D eigenvalue weighted by Gasteiger charge is 2.23. The number of hydrogen-bond donors (Lipinski definition) is 2. The van der Waals surface area contributed by atoms with Crippen LogP contribution in [0.25, 0.3) is 0 Å². The number of anilines is 2. The van der Waals surface area contributed by atoms with Gasteiger partial charge in [0.2, 0.25) is 0 Å². The standard InChI is InChI=1S/C21H30N4O5/c1-15(24-9-11-30-12-10-24)14-22-19(26)20(27)23-17-13-16(21(28)29-2)5-6-18(17)25-7-3-4-8-25/h5-6,13,15H,3-4,7-12,14H2,1-2H3,(H,22,26)(H,23,27). The molecular weight excluding hydrogens is 388 g/mol. The smallest absolute Gasteiger partial charge is 0.337 e. The van der Waals surface area contributed by atoms with Gasteiger partial charge in [-0.1, -0.05) is 0 Å². The topological polar surface area (TPSA) is 100 Å². The SMILES string of the molecule is COC(=O)c1ccc(N2CCCC2)c(NC(=O)C(=O)NCC(C)N2CCOCC2)c1. The van der Waals surface area contributed by atoms with Gasteiger partial charge >= 0.3 is 17.8 Å². The molecule has 0 radical (unpaired) electrons. The Bertz CT molecular complexity index is 773. The molecule has 0 bridgehead atoms. The third-order valence-electron chi connectivity index (χ3n) is 5.55. The summed E-state index contributed by atoms with van der Waals surface area (Å²) in [4.78, 5) is 41.2. The molecule has 3 rings (SSSR count). The summed E-state index contributed by atoms with van der Waals surface area (Å²) in [5, 5.41) is 5.37. The molecule has 1 unspecified atom stereocenters. The largest absolute Gasteiger partial charge is 0.465 e. The molecule has 2 fully saturated rings. The number of methoxy groups -OCH3 is 1. The summed E-state index contributed by atoms with van der Waals surface area (Å²) in [6.07, 6.45) is 2.12. The average molecular weight is 418 g/mol. The van der Waals surface area contributed by atoms with Crippen molar-refractivity contribution in [3.8, 4) is 0 Å². The molecule has 30 heavy (non-hydrogen) atoms. The first-order valence-electron chi connectivity index (χ1n) is 10.4. The molecule has 1 aromatic carbocycles. The molecular formula is C21H30N4O5. The Kier molecular flexibility index (Phi) is 7.64. The summed E-state index contributed by atoms with van der Waals surface area (Å²) in [6.45, 7) is 7.07. The second-order valence-corrected chi connectivity index (χ2v) is 7.58. The molecule has 2 aliphatic rings. The fourth-order valence-electron chi connectivity index (χ4n) is 3.76. The van der Waals surface area contributed by atoms with Gasteiger partial charge in [-0.15, -0.1) is 0 Å². The number of carbonyl (C=O) groups is 3. The highest BCUT2D eigenvalue weighted by atomic mass is 16.5. The normalized spacial score (nSPS) is 18.0. The molecule has 2 saturated heterocycles. The van der Waals surface area contributed by atoms with E-state index in [2.05, 4.69) is 20.4 Å². The zero-order valence-electron chi connectivity index (χ0n) is 17.6. The lowest BCUT2D eigenvalue weighted by molar-refractivity contribution is -0.136. The van der Waals surface area contributed by atoms with Crippen LogP contribution in [0, 0.1) is 0 Å². The van der Waals surface area contributed by atoms with E-state index in [9.17, 15) is 14.4 Å². The van der Waals surface area contributed by atoms with E-state index in [0.717, 1.165) is 44.7 Å². The van der Waals surface area contributed by atoms with Crippen molar-refractivity contribution >= 4 is 29.2 Å². The summed E-state index contributed by atoms with van der Waals surface area (Å²) in [5.41, 5.74) is 1.54. The Morgan fingerprint density at radius 2 is 1.80 bits per heavy atom. The molecule has 0 spiro atoms. The van der Waals surface area contributed by atoms with Crippen molar-refractivity contribution in [2.24, 2.45) is 0 Å². The molecule has 1 atom stereocenters. The van der Waals surface area contributed by atoms with E-state index in [1.54, 1.807) is 18.2 Å². The van der Waals surface area contributed by atoms with E-state index >= 15 is 0 Å². The predicted octanol–water partition coefficient (Wildman–Crippen LogP) is 0.849. The Morgan fingerprint density at radius 1 is 1.10 bits per heavy atom. The first-order valence-corrected chi connectivity index (χ1v) is 10.4. The van der Waals surface area contributed by atoms with Crippen LogP contribution in [0.4, 0.5) is 11.4 Å². The van der Waals surface area contributed by atoms with Crippen LogP contribution < -0.4 is 15.5 Å². The van der Waals surface area contributed by atoms with Gasteiger partial charge in [-0.3, -0.25) is 14.5 Å². The van der Waals surface area contributed by atoms with E-state index in [0.29, 0.717) is 31.0 Å². The summed E-state index contributed by atoms with van der Waals surface area (Å²) in [7, 11) is 1.30. The Morgan fingerprint density at radius 3 is 2.47 bits per heavy atom. The van der Waals surface area contributed by atoms with E-state index < -0.39 is 17.8 Å². The third-order valence-corrected chi connectivity index (χ3v) is 5.55. The number of morpholine rings is 1. The lowest BCUT2D eigenvalue weighted by Gasteiger charge is -2.32. The minimum Gasteiger partial charge on any atom is -0.465 e. The Hall–Kier alpha value is -2.65. The first kappa shape index (κ1) is 22.0. The van der Waals surface area contributed by atoms with Gasteiger partial charge in [0.1, 0.15) is 0 Å². The van der Waals surface area contributed by atoms with Crippen LogP contribution in [-0.2, 0) is 19.1 Å². The molecule has 9 heteroatoms. The molecule has 9 nitrogen and oxygen atoms in total. The van der Waals surface area contributed by atoms with E-state index in [-0.39, 0.29) is 6.04 Å². The number of amides is 2. The highest BCUT2D eigenvalue weighted by molar-refractivity contribution is 6.40. The minimum absolute atomic E-state index is 0.105. The second-order valence-electron chi connectivity index (χ2n) is 7.58. The van der Waals surface area contributed by atoms with Crippen molar-refractivity contribution in [2.75, 3.05) is 63.3 Å². The van der Waals surface area contributed by atoms with Crippen LogP contribution in [0.15, 0.2) is 18.2 Å². The molecule has 0 aliphatic carbocycles. The molecule has 2 aliphatic heterocycles. The number of rotatable bonds is 6. The molecule has 0 saturated carbocycles. The monoisotopic (exact) mass is 418 g/mol. The van der Waals surface area contributed by atoms with Crippen LogP contribution in [0.5, 0.6) is 0 Å². The lowest BCUT2D eigenvalue weighted by Crippen LogP contribution is -2.48. The van der Waals surface area contributed by atoms with Crippen molar-refractivity contribution in [1.82, 2.24) is 10.2 Å². The van der Waals surface area contributed by atoms with Gasteiger partial charge in [0.15, 0.2) is 0 Å². The minimum atomic E-state index is -0.758. The van der Waals surface area contributed by atoms with Gasteiger partial charge in [0, 0.05) is 38.8 Å². The number of ether oxygens (including phenoxy) is 2. The average Bonchev–Trinajstić information content (AvgIpc) is 3.31. The van der Waals surface area contributed by atoms with Crippen molar-refractivity contribution in [1.29, 1.82) is 0 Å². The number of nitrogens with one attached hydrogen (secondary N) is 2. The van der Waals surface area contributed by atoms with Gasteiger partial charge < -0.3 is 25.0 Å². The lowest BCUT2D eigenvalue weighted by atomic mass is 10.1. The molecule has 2 amide bonds. The van der Waals surface area contributed by atoms with Gasteiger partial charge in [0.25, 0.3) is 0 Å². The number of nitrogens with zero attached hydrogens (tertiary/aromatic N) is 2. The molecule has 2 N–H and O–H groups in total. The van der Waals surface area contributed by atoms with Crippen LogP contribution in [-0.4, -0.2) is 81.8 Å². The van der Waals surface area contributed by atoms with Crippen molar-refractivity contribution < 1.29 is 23.9 Å². The number of hydrogen-bond acceptors (Lipinski definition) is 7. The molecule has 164 valence electrons. The molecule has 0 aromatic heterocycles. The Labute approximate surface area is 176 Å². The highest BCUT2D eigenvalue weighted by Crippen LogP contribution is 2.30. The third kappa shape index (κ3) is 5.48. The van der Waals surface area contributed by atoms with Gasteiger partial charge in [-0.25, -0.2) is 4.79 Å². The fourth-order valence-corrected chi connectivity index (χ4v) is 3.76. The summed E-state index contributed by atoms with van der Waals surface area (Å²) < 4.78 is 10.1. The van der Waals surface area contributed by atoms with Crippen molar-refractivity contribution in [2.45, 2.75) is 25.8 Å². The van der Waals surface area contributed by atoms with Crippen LogP contribution in [0.3, 0.4) is 0 Å². The number of esters is 1. The van der Waals surface area contributed by atoms with Gasteiger partial charge in [-0.05, 0) is 38.0 Å². The quantitative estimate of drug-likeness (QED) is 0.522. The predicted molar refractivity (Wildman–Crippen MR) is 113 cm³/mol. The van der Waals surface area contributed by atoms with Crippen LogP contribution >= 0.6 is 0 Å². The van der Waals surface area contributed by atoms with E-state index in [4.69, 9.17) is 9.47 Å². The maximum atomic E-state index is 12.5. The van der Waals surface area contributed by atoms with Gasteiger partial charge in [0.05, 0.1) is 37.3 Å². The van der Waals surface area contributed by atoms with Crippen molar-refractivity contribution in [3.05, 3.63) is 23.8 Å². The van der Waals surface area contributed by atoms with E-state index in [1.165, 1.54) is 7.11 Å². The molecule has 1 aromatic rings. The summed E-state index contributed by atoms with van der Waals surface area (Å²) in [6, 6.07) is 5.11. The summed E-state index contributed by atoms with van der Waals surface area (Å²) in [5.74, 6) is -1.96. The van der Waals surface area contributed by atoms with Gasteiger partial charge in [-0.2, -0.15) is 0 Å². The van der Waals surface area contributed by atoms with Crippen molar-refractivity contribution in [3.63, 3.8) is 0 Å². The number of benzene rings is 1. The zero-order chi connectivity index (χ0) is 21.5. The maximum Gasteiger partial charge on any atom is 0.337 e. The maximum absolute atomic E-state index is 12.5. The fraction of sp³-hybridized carbons (Fsp3) is 0.571. The van der Waals surface area contributed by atoms with Crippen LogP contribution in [0.2, 0.25) is 0 Å². The summed E-state index contributed by atoms with van der Waals surface area (Å²) >= 11 is 0. The Balaban J connectivity index is 1.64. The second kappa shape index (κ2) is 10.4. The first-order chi connectivity index (χ1) is 14.5. The van der Waals surface area contributed by atoms with Crippen LogP contribution in [0.1, 0.15) is 30.1 Å². The zero-order valence-corrected chi connectivity index (χ0v) is 17.6. The number of carbonyl (C=O) groups excluding carboxylic acids is 3.